The maximum atomic E-state index is 13.8. The first kappa shape index (κ1) is 28.5. The van der Waals surface area contributed by atoms with Crippen LogP contribution in [0, 0.1) is 0 Å². The molecule has 0 unspecified atom stereocenters. The van der Waals surface area contributed by atoms with E-state index < -0.39 is 17.8 Å². The Balaban J connectivity index is 1.55. The van der Waals surface area contributed by atoms with Crippen molar-refractivity contribution in [1.29, 1.82) is 0 Å². The minimum Gasteiger partial charge on any atom is -0.465 e. The number of aromatic nitrogens is 1. The van der Waals surface area contributed by atoms with Crippen LogP contribution in [0.4, 0.5) is 5.69 Å². The molecule has 0 aliphatic heterocycles. The Morgan fingerprint density at radius 1 is 0.786 bits per heavy atom. The fourth-order valence-electron chi connectivity index (χ4n) is 4.79. The normalized spacial score (nSPS) is 10.7. The lowest BCUT2D eigenvalue weighted by molar-refractivity contribution is 0.0584. The molecular weight excluding hydrogens is 600 g/mol. The van der Waals surface area contributed by atoms with Crippen molar-refractivity contribution in [1.82, 2.24) is 4.57 Å². The first-order valence-corrected chi connectivity index (χ1v) is 13.7. The fourth-order valence-corrected chi connectivity index (χ4v) is 5.16. The van der Waals surface area contributed by atoms with Crippen molar-refractivity contribution in [2.24, 2.45) is 0 Å². The van der Waals surface area contributed by atoms with Gasteiger partial charge in [-0.05, 0) is 59.0 Å². The minimum absolute atomic E-state index is 0.0577. The Bertz CT molecular complexity index is 1880. The SMILES string of the molecule is COC(=O)c1ccccc1NC(=O)c1ccc(Cn2c(C(=O)OC)c(-c3ccccc3)c3cc(Br)ccc3c2=O)cc1. The van der Waals surface area contributed by atoms with Crippen LogP contribution in [0.3, 0.4) is 0 Å². The molecule has 0 saturated heterocycles. The van der Waals surface area contributed by atoms with Crippen LogP contribution in [-0.2, 0) is 16.0 Å². The number of carbonyl (C=O) groups excluding carboxylic acids is 3. The number of hydrogen-bond acceptors (Lipinski definition) is 6. The van der Waals surface area contributed by atoms with Gasteiger partial charge in [0.05, 0.1) is 32.0 Å². The zero-order valence-corrected chi connectivity index (χ0v) is 24.3. The van der Waals surface area contributed by atoms with Crippen LogP contribution < -0.4 is 10.9 Å². The van der Waals surface area contributed by atoms with Crippen LogP contribution in [0.15, 0.2) is 106 Å². The molecule has 1 heterocycles. The Morgan fingerprint density at radius 2 is 1.45 bits per heavy atom. The van der Waals surface area contributed by atoms with Crippen molar-refractivity contribution in [2.75, 3.05) is 19.5 Å². The van der Waals surface area contributed by atoms with E-state index in [1.807, 2.05) is 36.4 Å². The lowest BCUT2D eigenvalue weighted by atomic mass is 9.96. The Hall–Kier alpha value is -5.02. The van der Waals surface area contributed by atoms with Gasteiger partial charge in [-0.15, -0.1) is 0 Å². The summed E-state index contributed by atoms with van der Waals surface area (Å²) in [5, 5.41) is 3.81. The number of rotatable bonds is 7. The van der Waals surface area contributed by atoms with Crippen LogP contribution in [0.2, 0.25) is 0 Å². The summed E-state index contributed by atoms with van der Waals surface area (Å²) in [5.41, 5.74) is 2.70. The first-order valence-electron chi connectivity index (χ1n) is 12.9. The monoisotopic (exact) mass is 624 g/mol. The van der Waals surface area contributed by atoms with Gasteiger partial charge in [0, 0.05) is 21.0 Å². The first-order chi connectivity index (χ1) is 20.3. The topological polar surface area (TPSA) is 104 Å². The molecule has 0 bridgehead atoms. The van der Waals surface area contributed by atoms with Gasteiger partial charge in [0.15, 0.2) is 0 Å². The van der Waals surface area contributed by atoms with Crippen LogP contribution >= 0.6 is 15.9 Å². The minimum atomic E-state index is -0.645. The van der Waals surface area contributed by atoms with Crippen LogP contribution in [0.1, 0.15) is 36.8 Å². The number of benzene rings is 4. The number of fused-ring (bicyclic) bond motifs is 1. The van der Waals surface area contributed by atoms with E-state index in [4.69, 9.17) is 9.47 Å². The summed E-state index contributed by atoms with van der Waals surface area (Å²) in [6.45, 7) is 0.0577. The van der Waals surface area contributed by atoms with Crippen molar-refractivity contribution >= 4 is 50.2 Å². The second-order valence-electron chi connectivity index (χ2n) is 9.35. The van der Waals surface area contributed by atoms with Crippen molar-refractivity contribution < 1.29 is 23.9 Å². The molecule has 0 spiro atoms. The van der Waals surface area contributed by atoms with E-state index in [-0.39, 0.29) is 23.4 Å². The third kappa shape index (κ3) is 5.59. The number of hydrogen-bond donors (Lipinski definition) is 1. The van der Waals surface area contributed by atoms with E-state index >= 15 is 0 Å². The number of anilines is 1. The molecule has 1 aromatic heterocycles. The Labute approximate surface area is 249 Å². The molecular formula is C33H25BrN2O6. The second kappa shape index (κ2) is 12.2. The van der Waals surface area contributed by atoms with E-state index in [1.165, 1.54) is 18.8 Å². The Morgan fingerprint density at radius 3 is 2.14 bits per heavy atom. The van der Waals surface area contributed by atoms with Gasteiger partial charge in [-0.2, -0.15) is 0 Å². The summed E-state index contributed by atoms with van der Waals surface area (Å²) in [6.07, 6.45) is 0. The van der Waals surface area contributed by atoms with Gasteiger partial charge in [0.2, 0.25) is 0 Å². The molecule has 1 N–H and O–H groups in total. The van der Waals surface area contributed by atoms with E-state index in [9.17, 15) is 19.2 Å². The number of nitrogens with zero attached hydrogens (tertiary/aromatic N) is 1. The number of carbonyl (C=O) groups is 3. The van der Waals surface area contributed by atoms with E-state index in [2.05, 4.69) is 21.2 Å². The number of methoxy groups -OCH3 is 2. The van der Waals surface area contributed by atoms with Gasteiger partial charge < -0.3 is 14.8 Å². The summed E-state index contributed by atoms with van der Waals surface area (Å²) < 4.78 is 12.1. The highest BCUT2D eigenvalue weighted by molar-refractivity contribution is 9.10. The number of para-hydroxylation sites is 1. The highest BCUT2D eigenvalue weighted by Crippen LogP contribution is 2.33. The molecule has 0 saturated carbocycles. The Kier molecular flexibility index (Phi) is 8.31. The summed E-state index contributed by atoms with van der Waals surface area (Å²) in [5.74, 6) is -1.63. The van der Waals surface area contributed by atoms with Gasteiger partial charge in [-0.25, -0.2) is 9.59 Å². The highest BCUT2D eigenvalue weighted by Gasteiger charge is 2.24. The summed E-state index contributed by atoms with van der Waals surface area (Å²) in [6, 6.07) is 27.9. The van der Waals surface area contributed by atoms with Gasteiger partial charge in [0.1, 0.15) is 5.69 Å². The smallest absolute Gasteiger partial charge is 0.355 e. The van der Waals surface area contributed by atoms with E-state index in [0.717, 1.165) is 10.0 Å². The van der Waals surface area contributed by atoms with Gasteiger partial charge >= 0.3 is 11.9 Å². The van der Waals surface area contributed by atoms with Gasteiger partial charge in [-0.1, -0.05) is 70.5 Å². The zero-order valence-electron chi connectivity index (χ0n) is 22.7. The van der Waals surface area contributed by atoms with E-state index in [0.29, 0.717) is 33.2 Å². The standard InChI is InChI=1S/C33H25BrN2O6/c1-41-32(39)25-10-6-7-11-27(25)35-30(37)22-14-12-20(13-15-22)19-36-29(33(40)42-2)28(21-8-4-3-5-9-21)26-18-23(34)16-17-24(26)31(36)38/h3-18H,19H2,1-2H3,(H,35,37). The highest BCUT2D eigenvalue weighted by atomic mass is 79.9. The largest absolute Gasteiger partial charge is 0.465 e. The van der Waals surface area contributed by atoms with Gasteiger partial charge in [0.25, 0.3) is 11.5 Å². The lowest BCUT2D eigenvalue weighted by Gasteiger charge is -2.19. The van der Waals surface area contributed by atoms with Crippen LogP contribution in [-0.4, -0.2) is 36.6 Å². The lowest BCUT2D eigenvalue weighted by Crippen LogP contribution is -2.28. The molecule has 0 radical (unpaired) electrons. The number of pyridine rings is 1. The molecule has 8 nitrogen and oxygen atoms in total. The maximum absolute atomic E-state index is 13.8. The molecule has 0 aliphatic rings. The number of amides is 1. The molecule has 42 heavy (non-hydrogen) atoms. The van der Waals surface area contributed by atoms with Crippen molar-refractivity contribution in [3.8, 4) is 11.1 Å². The molecule has 9 heteroatoms. The quantitative estimate of drug-likeness (QED) is 0.213. The zero-order chi connectivity index (χ0) is 29.8. The second-order valence-corrected chi connectivity index (χ2v) is 10.3. The van der Waals surface area contributed by atoms with E-state index in [1.54, 1.807) is 60.7 Å². The summed E-state index contributed by atoms with van der Waals surface area (Å²) in [7, 11) is 2.55. The summed E-state index contributed by atoms with van der Waals surface area (Å²) >= 11 is 3.49. The maximum Gasteiger partial charge on any atom is 0.355 e. The molecule has 1 amide bonds. The molecule has 5 aromatic rings. The van der Waals surface area contributed by atoms with Crippen molar-refractivity contribution in [3.05, 3.63) is 134 Å². The predicted molar refractivity (Wildman–Crippen MR) is 164 cm³/mol. The molecule has 0 atom stereocenters. The van der Waals surface area contributed by atoms with Crippen LogP contribution in [0.25, 0.3) is 21.9 Å². The number of nitrogens with one attached hydrogen (secondary N) is 1. The average molecular weight is 625 g/mol. The third-order valence-electron chi connectivity index (χ3n) is 6.81. The fraction of sp³-hybridized carbons (Fsp3) is 0.0909. The molecule has 5 rings (SSSR count). The predicted octanol–water partition coefficient (Wildman–Crippen LogP) is 6.30. The van der Waals surface area contributed by atoms with Crippen molar-refractivity contribution in [2.45, 2.75) is 6.54 Å². The number of esters is 2. The average Bonchev–Trinajstić information content (AvgIpc) is 3.02. The molecule has 0 aliphatic carbocycles. The summed E-state index contributed by atoms with van der Waals surface area (Å²) in [4.78, 5) is 52.1. The molecule has 210 valence electrons. The van der Waals surface area contributed by atoms with Crippen LogP contribution in [0.5, 0.6) is 0 Å². The van der Waals surface area contributed by atoms with Gasteiger partial charge in [-0.3, -0.25) is 14.2 Å². The third-order valence-corrected chi connectivity index (χ3v) is 7.31. The number of ether oxygens (including phenoxy) is 2. The molecule has 4 aromatic carbocycles. The number of halogens is 1. The van der Waals surface area contributed by atoms with Crippen molar-refractivity contribution in [3.63, 3.8) is 0 Å². The molecule has 0 fully saturated rings.